The molecule has 1 heterocycles. The lowest BCUT2D eigenvalue weighted by atomic mass is 10.0. The maximum atomic E-state index is 11.8. The van der Waals surface area contributed by atoms with Crippen LogP contribution in [0.3, 0.4) is 0 Å². The number of carbonyl (C=O) groups is 1. The first-order valence-corrected chi connectivity index (χ1v) is 6.69. The first-order valence-electron chi connectivity index (χ1n) is 5.77. The van der Waals surface area contributed by atoms with E-state index in [1.54, 1.807) is 0 Å². The molecule has 1 saturated carbocycles. The molecular formula is C11H18BrNO2. The highest BCUT2D eigenvalue weighted by molar-refractivity contribution is 9.10. The van der Waals surface area contributed by atoms with Crippen LogP contribution in [0.5, 0.6) is 0 Å². The van der Waals surface area contributed by atoms with Gasteiger partial charge in [0.1, 0.15) is 0 Å². The largest absolute Gasteiger partial charge is 0.393 e. The first kappa shape index (κ1) is 11.4. The van der Waals surface area contributed by atoms with Gasteiger partial charge in [0, 0.05) is 13.1 Å². The van der Waals surface area contributed by atoms with Crippen molar-refractivity contribution in [3.05, 3.63) is 0 Å². The minimum absolute atomic E-state index is 0.0255. The molecule has 0 spiro atoms. The first-order chi connectivity index (χ1) is 7.16. The van der Waals surface area contributed by atoms with Crippen LogP contribution in [0.4, 0.5) is 0 Å². The summed E-state index contributed by atoms with van der Waals surface area (Å²) in [5, 5.41) is 9.43. The Morgan fingerprint density at radius 2 is 2.20 bits per heavy atom. The summed E-state index contributed by atoms with van der Waals surface area (Å²) in [5.41, 5.74) is 0. The van der Waals surface area contributed by atoms with Gasteiger partial charge >= 0.3 is 0 Å². The number of hydrogen-bond acceptors (Lipinski definition) is 2. The Hall–Kier alpha value is -0.0900. The second kappa shape index (κ2) is 4.83. The number of aliphatic hydroxyl groups is 1. The number of carbonyl (C=O) groups excluding carboxylic acids is 1. The number of piperidine rings is 1. The molecule has 0 aromatic rings. The van der Waals surface area contributed by atoms with Crippen molar-refractivity contribution in [2.75, 3.05) is 13.1 Å². The Kier molecular flexibility index (Phi) is 3.67. The lowest BCUT2D eigenvalue weighted by molar-refractivity contribution is -0.133. The van der Waals surface area contributed by atoms with Gasteiger partial charge in [-0.2, -0.15) is 0 Å². The fraction of sp³-hybridized carbons (Fsp3) is 0.909. The van der Waals surface area contributed by atoms with Crippen molar-refractivity contribution in [2.24, 2.45) is 5.92 Å². The summed E-state index contributed by atoms with van der Waals surface area (Å²) in [4.78, 5) is 13.8. The van der Waals surface area contributed by atoms with Crippen LogP contribution in [0, 0.1) is 5.92 Å². The Morgan fingerprint density at radius 3 is 2.87 bits per heavy atom. The van der Waals surface area contributed by atoms with E-state index in [1.165, 1.54) is 0 Å². The molecule has 1 aliphatic heterocycles. The van der Waals surface area contributed by atoms with Crippen LogP contribution in [-0.4, -0.2) is 39.9 Å². The van der Waals surface area contributed by atoms with Gasteiger partial charge in [-0.15, -0.1) is 0 Å². The highest BCUT2D eigenvalue weighted by atomic mass is 79.9. The number of aliphatic hydroxyl groups excluding tert-OH is 1. The van der Waals surface area contributed by atoms with Crippen molar-refractivity contribution < 1.29 is 9.90 Å². The minimum atomic E-state index is -0.130. The van der Waals surface area contributed by atoms with Crippen molar-refractivity contribution in [3.8, 4) is 0 Å². The SMILES string of the molecule is O=C1C(Br)CCCN1CC1CCC(O)C1. The van der Waals surface area contributed by atoms with Gasteiger partial charge in [-0.25, -0.2) is 0 Å². The second-order valence-electron chi connectivity index (χ2n) is 4.73. The molecule has 1 N–H and O–H groups in total. The van der Waals surface area contributed by atoms with Gasteiger partial charge in [0.05, 0.1) is 10.9 Å². The molecule has 1 amide bonds. The third kappa shape index (κ3) is 2.72. The van der Waals surface area contributed by atoms with E-state index in [1.807, 2.05) is 4.90 Å². The third-order valence-electron chi connectivity index (χ3n) is 3.46. The lowest BCUT2D eigenvalue weighted by Crippen LogP contribution is -2.43. The van der Waals surface area contributed by atoms with Crippen LogP contribution in [0.15, 0.2) is 0 Å². The van der Waals surface area contributed by atoms with Crippen LogP contribution >= 0.6 is 15.9 Å². The molecule has 0 aromatic carbocycles. The zero-order valence-corrected chi connectivity index (χ0v) is 10.4. The molecule has 2 rings (SSSR count). The van der Waals surface area contributed by atoms with Crippen molar-refractivity contribution >= 4 is 21.8 Å². The fourth-order valence-electron chi connectivity index (χ4n) is 2.60. The molecule has 1 aliphatic carbocycles. The summed E-state index contributed by atoms with van der Waals surface area (Å²) in [6.45, 7) is 1.74. The highest BCUT2D eigenvalue weighted by Gasteiger charge is 2.30. The minimum Gasteiger partial charge on any atom is -0.393 e. The zero-order chi connectivity index (χ0) is 10.8. The van der Waals surface area contributed by atoms with Gasteiger partial charge < -0.3 is 10.0 Å². The summed E-state index contributed by atoms with van der Waals surface area (Å²) in [5.74, 6) is 0.754. The molecule has 2 fully saturated rings. The summed E-state index contributed by atoms with van der Waals surface area (Å²) in [7, 11) is 0. The Balaban J connectivity index is 1.85. The topological polar surface area (TPSA) is 40.5 Å². The average Bonchev–Trinajstić information content (AvgIpc) is 2.59. The van der Waals surface area contributed by atoms with E-state index in [0.29, 0.717) is 5.92 Å². The smallest absolute Gasteiger partial charge is 0.236 e. The van der Waals surface area contributed by atoms with E-state index >= 15 is 0 Å². The van der Waals surface area contributed by atoms with Crippen LogP contribution in [-0.2, 0) is 4.79 Å². The van der Waals surface area contributed by atoms with Crippen LogP contribution in [0.2, 0.25) is 0 Å². The summed E-state index contributed by atoms with van der Waals surface area (Å²) < 4.78 is 0. The van der Waals surface area contributed by atoms with Crippen molar-refractivity contribution in [1.82, 2.24) is 4.90 Å². The monoisotopic (exact) mass is 275 g/mol. The Bertz CT molecular complexity index is 247. The van der Waals surface area contributed by atoms with Gasteiger partial charge in [-0.05, 0) is 38.0 Å². The van der Waals surface area contributed by atoms with Gasteiger partial charge in [-0.1, -0.05) is 15.9 Å². The molecule has 4 heteroatoms. The zero-order valence-electron chi connectivity index (χ0n) is 8.86. The van der Waals surface area contributed by atoms with Crippen LogP contribution in [0.25, 0.3) is 0 Å². The van der Waals surface area contributed by atoms with E-state index in [2.05, 4.69) is 15.9 Å². The quantitative estimate of drug-likeness (QED) is 0.777. The summed E-state index contributed by atoms with van der Waals surface area (Å²) >= 11 is 3.41. The number of amides is 1. The van der Waals surface area contributed by atoms with E-state index < -0.39 is 0 Å². The average molecular weight is 276 g/mol. The molecule has 3 nitrogen and oxygen atoms in total. The Morgan fingerprint density at radius 1 is 1.40 bits per heavy atom. The maximum absolute atomic E-state index is 11.8. The number of likely N-dealkylation sites (tertiary alicyclic amines) is 1. The highest BCUT2D eigenvalue weighted by Crippen LogP contribution is 2.28. The van der Waals surface area contributed by atoms with Crippen molar-refractivity contribution in [3.63, 3.8) is 0 Å². The number of hydrogen-bond donors (Lipinski definition) is 1. The number of alkyl halides is 1. The Labute approximate surface area is 99.0 Å². The van der Waals surface area contributed by atoms with E-state index in [4.69, 9.17) is 0 Å². The molecule has 0 bridgehead atoms. The third-order valence-corrected chi connectivity index (χ3v) is 4.31. The standard InChI is InChI=1S/C11H18BrNO2/c12-10-2-1-5-13(11(10)15)7-8-3-4-9(14)6-8/h8-10,14H,1-7H2. The molecular weight excluding hydrogens is 258 g/mol. The molecule has 3 unspecified atom stereocenters. The lowest BCUT2D eigenvalue weighted by Gasteiger charge is -2.31. The second-order valence-corrected chi connectivity index (χ2v) is 5.83. The molecule has 3 atom stereocenters. The van der Waals surface area contributed by atoms with Gasteiger partial charge in [0.2, 0.25) is 5.91 Å². The fourth-order valence-corrected chi connectivity index (χ4v) is 3.21. The van der Waals surface area contributed by atoms with Crippen LogP contribution in [0.1, 0.15) is 32.1 Å². The maximum Gasteiger partial charge on any atom is 0.236 e. The van der Waals surface area contributed by atoms with Crippen molar-refractivity contribution in [2.45, 2.75) is 43.0 Å². The predicted molar refractivity (Wildman–Crippen MR) is 61.9 cm³/mol. The molecule has 0 radical (unpaired) electrons. The van der Waals surface area contributed by atoms with Crippen molar-refractivity contribution in [1.29, 1.82) is 0 Å². The van der Waals surface area contributed by atoms with Gasteiger partial charge in [0.15, 0.2) is 0 Å². The normalized spacial score (nSPS) is 37.3. The van der Waals surface area contributed by atoms with Crippen LogP contribution < -0.4 is 0 Å². The predicted octanol–water partition coefficient (Wildman–Crippen LogP) is 1.53. The van der Waals surface area contributed by atoms with Gasteiger partial charge in [0.25, 0.3) is 0 Å². The molecule has 15 heavy (non-hydrogen) atoms. The van der Waals surface area contributed by atoms with E-state index in [-0.39, 0.29) is 16.8 Å². The summed E-state index contributed by atoms with van der Waals surface area (Å²) in [6.07, 6.45) is 4.77. The van der Waals surface area contributed by atoms with Gasteiger partial charge in [-0.3, -0.25) is 4.79 Å². The number of rotatable bonds is 2. The molecule has 2 aliphatic rings. The van der Waals surface area contributed by atoms with E-state index in [9.17, 15) is 9.90 Å². The number of nitrogens with zero attached hydrogens (tertiary/aromatic N) is 1. The number of halogens is 1. The summed E-state index contributed by atoms with van der Waals surface area (Å²) in [6, 6.07) is 0. The molecule has 86 valence electrons. The molecule has 0 aromatic heterocycles. The molecule has 1 saturated heterocycles. The van der Waals surface area contributed by atoms with E-state index in [0.717, 1.165) is 45.2 Å².